The molecule has 2 N–H and O–H groups in total. The second-order valence-electron chi connectivity index (χ2n) is 5.23. The van der Waals surface area contributed by atoms with Gasteiger partial charge in [0, 0.05) is 12.1 Å². The average molecular weight is 314 g/mol. The topological polar surface area (TPSA) is 84.7 Å². The van der Waals surface area contributed by atoms with Crippen LogP contribution in [0.25, 0.3) is 10.2 Å². The molecule has 1 atom stereocenters. The number of hydrogen-bond donors (Lipinski definition) is 2. The number of hydrogen-bond acceptors (Lipinski definition) is 5. The summed E-state index contributed by atoms with van der Waals surface area (Å²) in [4.78, 5) is 20.5. The van der Waals surface area contributed by atoms with Crippen molar-refractivity contribution in [3.8, 4) is 0 Å². The molecule has 2 amide bonds. The number of nitrogens with one attached hydrogen (secondary N) is 2. The number of benzene rings is 1. The van der Waals surface area contributed by atoms with Crippen LogP contribution in [-0.4, -0.2) is 31.8 Å². The molecule has 0 saturated heterocycles. The molecule has 0 fully saturated rings. The molecular weight excluding hydrogens is 300 g/mol. The SMILES string of the molecule is O=C(Nc1ccc2scnc2c1)NC1CCc2ncnn2C1. The van der Waals surface area contributed by atoms with E-state index >= 15 is 0 Å². The van der Waals surface area contributed by atoms with E-state index in [1.165, 1.54) is 0 Å². The van der Waals surface area contributed by atoms with Gasteiger partial charge in [-0.25, -0.2) is 19.4 Å². The van der Waals surface area contributed by atoms with Crippen molar-refractivity contribution in [2.45, 2.75) is 25.4 Å². The summed E-state index contributed by atoms with van der Waals surface area (Å²) in [5.74, 6) is 0.979. The molecule has 112 valence electrons. The van der Waals surface area contributed by atoms with E-state index in [-0.39, 0.29) is 12.1 Å². The Kier molecular flexibility index (Phi) is 3.23. The lowest BCUT2D eigenvalue weighted by atomic mass is 10.1. The molecule has 1 unspecified atom stereocenters. The molecule has 1 aliphatic rings. The number of carbonyl (C=O) groups is 1. The first-order chi connectivity index (χ1) is 10.8. The van der Waals surface area contributed by atoms with E-state index in [1.807, 2.05) is 22.9 Å². The number of urea groups is 1. The Morgan fingerprint density at radius 2 is 2.32 bits per heavy atom. The van der Waals surface area contributed by atoms with Gasteiger partial charge in [-0.2, -0.15) is 5.10 Å². The summed E-state index contributed by atoms with van der Waals surface area (Å²) in [6.07, 6.45) is 3.26. The number of fused-ring (bicyclic) bond motifs is 2. The average Bonchev–Trinajstić information content (AvgIpc) is 3.14. The number of thiazole rings is 1. The maximum Gasteiger partial charge on any atom is 0.319 e. The van der Waals surface area contributed by atoms with E-state index in [9.17, 15) is 4.79 Å². The van der Waals surface area contributed by atoms with E-state index in [1.54, 1.807) is 23.2 Å². The van der Waals surface area contributed by atoms with Crippen molar-refractivity contribution in [1.82, 2.24) is 25.1 Å². The molecule has 0 spiro atoms. The second kappa shape index (κ2) is 5.38. The fourth-order valence-electron chi connectivity index (χ4n) is 2.64. The number of anilines is 1. The summed E-state index contributed by atoms with van der Waals surface area (Å²) < 4.78 is 2.95. The molecule has 7 nitrogen and oxygen atoms in total. The van der Waals surface area contributed by atoms with Crippen LogP contribution < -0.4 is 10.6 Å². The van der Waals surface area contributed by atoms with Gasteiger partial charge in [0.15, 0.2) is 0 Å². The van der Waals surface area contributed by atoms with Crippen molar-refractivity contribution in [3.63, 3.8) is 0 Å². The molecule has 0 radical (unpaired) electrons. The summed E-state index contributed by atoms with van der Waals surface area (Å²) >= 11 is 1.58. The van der Waals surface area contributed by atoms with Gasteiger partial charge in [-0.1, -0.05) is 0 Å². The summed E-state index contributed by atoms with van der Waals surface area (Å²) in [6.45, 7) is 0.661. The number of rotatable bonds is 2. The third-order valence-electron chi connectivity index (χ3n) is 3.73. The zero-order valence-corrected chi connectivity index (χ0v) is 12.5. The highest BCUT2D eigenvalue weighted by atomic mass is 32.1. The third-order valence-corrected chi connectivity index (χ3v) is 4.54. The van der Waals surface area contributed by atoms with E-state index in [0.717, 1.165) is 34.6 Å². The Balaban J connectivity index is 1.40. The minimum atomic E-state index is -0.205. The first kappa shape index (κ1) is 13.2. The molecule has 8 heteroatoms. The smallest absolute Gasteiger partial charge is 0.319 e. The largest absolute Gasteiger partial charge is 0.333 e. The van der Waals surface area contributed by atoms with Crippen LogP contribution in [-0.2, 0) is 13.0 Å². The van der Waals surface area contributed by atoms with Crippen molar-refractivity contribution in [2.24, 2.45) is 0 Å². The highest BCUT2D eigenvalue weighted by Crippen LogP contribution is 2.21. The molecule has 0 bridgehead atoms. The predicted octanol–water partition coefficient (Wildman–Crippen LogP) is 2.02. The lowest BCUT2D eigenvalue weighted by molar-refractivity contribution is 0.243. The molecule has 2 aromatic heterocycles. The molecule has 1 aliphatic heterocycles. The van der Waals surface area contributed by atoms with Gasteiger partial charge in [-0.3, -0.25) is 0 Å². The van der Waals surface area contributed by atoms with Gasteiger partial charge in [0.1, 0.15) is 12.2 Å². The maximum atomic E-state index is 12.1. The monoisotopic (exact) mass is 314 g/mol. The van der Waals surface area contributed by atoms with Crippen LogP contribution >= 0.6 is 11.3 Å². The highest BCUT2D eigenvalue weighted by molar-refractivity contribution is 7.16. The summed E-state index contributed by atoms with van der Waals surface area (Å²) in [7, 11) is 0. The van der Waals surface area contributed by atoms with Crippen LogP contribution in [0.5, 0.6) is 0 Å². The zero-order chi connectivity index (χ0) is 14.9. The van der Waals surface area contributed by atoms with Gasteiger partial charge in [0.25, 0.3) is 0 Å². The molecule has 22 heavy (non-hydrogen) atoms. The van der Waals surface area contributed by atoms with Gasteiger partial charge in [0.2, 0.25) is 0 Å². The van der Waals surface area contributed by atoms with Crippen molar-refractivity contribution < 1.29 is 4.79 Å². The number of nitrogens with zero attached hydrogens (tertiary/aromatic N) is 4. The molecule has 0 saturated carbocycles. The van der Waals surface area contributed by atoms with Crippen molar-refractivity contribution in [2.75, 3.05) is 5.32 Å². The van der Waals surface area contributed by atoms with Crippen LogP contribution in [0.2, 0.25) is 0 Å². The number of aromatic nitrogens is 4. The summed E-state index contributed by atoms with van der Waals surface area (Å²) in [5.41, 5.74) is 3.44. The molecule has 3 heterocycles. The number of aryl methyl sites for hydroxylation is 1. The Morgan fingerprint density at radius 3 is 3.27 bits per heavy atom. The van der Waals surface area contributed by atoms with Crippen molar-refractivity contribution >= 4 is 33.3 Å². The van der Waals surface area contributed by atoms with Crippen LogP contribution in [0.1, 0.15) is 12.2 Å². The molecule has 4 rings (SSSR count). The van der Waals surface area contributed by atoms with Gasteiger partial charge < -0.3 is 10.6 Å². The Hall–Kier alpha value is -2.48. The van der Waals surface area contributed by atoms with Gasteiger partial charge in [-0.15, -0.1) is 11.3 Å². The first-order valence-corrected chi connectivity index (χ1v) is 7.93. The summed E-state index contributed by atoms with van der Waals surface area (Å²) in [5, 5.41) is 9.99. The van der Waals surface area contributed by atoms with Crippen molar-refractivity contribution in [3.05, 3.63) is 35.9 Å². The Bertz CT molecular complexity index is 825. The third kappa shape index (κ3) is 2.52. The standard InChI is InChI=1S/C14H14N6OS/c21-14(18-9-1-3-12-11(5-9)16-8-22-12)19-10-2-4-13-15-7-17-20(13)6-10/h1,3,5,7-8,10H,2,4,6H2,(H2,18,19,21). The van der Waals surface area contributed by atoms with Crippen molar-refractivity contribution in [1.29, 1.82) is 0 Å². The zero-order valence-electron chi connectivity index (χ0n) is 11.7. The second-order valence-corrected chi connectivity index (χ2v) is 6.11. The van der Waals surface area contributed by atoms with Gasteiger partial charge in [0.05, 0.1) is 28.3 Å². The molecule has 3 aromatic rings. The lowest BCUT2D eigenvalue weighted by Gasteiger charge is -2.23. The Morgan fingerprint density at radius 1 is 1.36 bits per heavy atom. The first-order valence-electron chi connectivity index (χ1n) is 7.05. The van der Waals surface area contributed by atoms with Crippen LogP contribution in [0.4, 0.5) is 10.5 Å². The minimum Gasteiger partial charge on any atom is -0.333 e. The van der Waals surface area contributed by atoms with Crippen LogP contribution in [0.3, 0.4) is 0 Å². The lowest BCUT2D eigenvalue weighted by Crippen LogP contribution is -2.43. The van der Waals surface area contributed by atoms with Gasteiger partial charge in [-0.05, 0) is 24.6 Å². The Labute approximate surface area is 130 Å². The maximum absolute atomic E-state index is 12.1. The van der Waals surface area contributed by atoms with Crippen LogP contribution in [0.15, 0.2) is 30.0 Å². The summed E-state index contributed by atoms with van der Waals surface area (Å²) in [6, 6.07) is 5.59. The molecular formula is C14H14N6OS. The number of amides is 2. The fourth-order valence-corrected chi connectivity index (χ4v) is 3.30. The predicted molar refractivity (Wildman–Crippen MR) is 83.9 cm³/mol. The van der Waals surface area contributed by atoms with Gasteiger partial charge >= 0.3 is 6.03 Å². The fraction of sp³-hybridized carbons (Fsp3) is 0.286. The highest BCUT2D eigenvalue weighted by Gasteiger charge is 2.21. The normalized spacial score (nSPS) is 17.2. The number of carbonyl (C=O) groups excluding carboxylic acids is 1. The van der Waals surface area contributed by atoms with Crippen LogP contribution in [0, 0.1) is 0 Å². The minimum absolute atomic E-state index is 0.0669. The van der Waals surface area contributed by atoms with E-state index in [4.69, 9.17) is 0 Å². The molecule has 0 aliphatic carbocycles. The van der Waals surface area contributed by atoms with E-state index < -0.39 is 0 Å². The van der Waals surface area contributed by atoms with E-state index in [2.05, 4.69) is 25.7 Å². The molecule has 1 aromatic carbocycles. The quantitative estimate of drug-likeness (QED) is 0.758. The van der Waals surface area contributed by atoms with E-state index in [0.29, 0.717) is 6.54 Å².